The average molecular weight is 215 g/mol. The number of halogens is 1. The maximum Gasteiger partial charge on any atom is 0.256 e. The topological polar surface area (TPSA) is 63.3 Å². The van der Waals surface area contributed by atoms with E-state index in [1.54, 1.807) is 6.20 Å². The molecule has 11 heavy (non-hydrogen) atoms. The second kappa shape index (κ2) is 2.16. The van der Waals surface area contributed by atoms with E-state index in [0.29, 0.717) is 10.5 Å². The molecule has 56 valence electrons. The van der Waals surface area contributed by atoms with Crippen molar-refractivity contribution >= 4 is 21.7 Å². The highest BCUT2D eigenvalue weighted by Crippen LogP contribution is 2.07. The lowest BCUT2D eigenvalue weighted by molar-refractivity contribution is 0.453. The van der Waals surface area contributed by atoms with E-state index >= 15 is 0 Å². The molecule has 2 heterocycles. The van der Waals surface area contributed by atoms with Crippen LogP contribution in [0.1, 0.15) is 0 Å². The number of rotatable bonds is 0. The fourth-order valence-electron chi connectivity index (χ4n) is 0.743. The third-order valence-corrected chi connectivity index (χ3v) is 1.50. The highest BCUT2D eigenvalue weighted by molar-refractivity contribution is 9.10. The van der Waals surface area contributed by atoms with Gasteiger partial charge >= 0.3 is 0 Å². The first-order valence-electron chi connectivity index (χ1n) is 2.83. The minimum absolute atomic E-state index is 0.0580. The van der Waals surface area contributed by atoms with Crippen LogP contribution < -0.4 is 0 Å². The van der Waals surface area contributed by atoms with Crippen molar-refractivity contribution in [1.29, 1.82) is 0 Å². The van der Waals surface area contributed by atoms with Crippen LogP contribution >= 0.6 is 15.9 Å². The van der Waals surface area contributed by atoms with Crippen LogP contribution in [0.3, 0.4) is 0 Å². The van der Waals surface area contributed by atoms with Crippen LogP contribution in [0, 0.1) is 0 Å². The molecule has 0 aromatic carbocycles. The van der Waals surface area contributed by atoms with Gasteiger partial charge in [0.1, 0.15) is 0 Å². The van der Waals surface area contributed by atoms with Crippen molar-refractivity contribution < 1.29 is 5.11 Å². The Balaban J connectivity index is 2.82. The van der Waals surface area contributed by atoms with Crippen molar-refractivity contribution in [3.63, 3.8) is 0 Å². The zero-order valence-electron chi connectivity index (χ0n) is 5.27. The van der Waals surface area contributed by atoms with E-state index in [2.05, 4.69) is 31.0 Å². The molecule has 0 saturated heterocycles. The van der Waals surface area contributed by atoms with E-state index in [4.69, 9.17) is 5.11 Å². The highest BCUT2D eigenvalue weighted by atomic mass is 79.9. The predicted octanol–water partition coefficient (Wildman–Crippen LogP) is 0.592. The fourth-order valence-corrected chi connectivity index (χ4v) is 1.07. The Hall–Kier alpha value is -1.17. The number of hydrogen-bond donors (Lipinski definition) is 1. The molecule has 5 nitrogen and oxygen atoms in total. The second-order valence-electron chi connectivity index (χ2n) is 1.91. The van der Waals surface area contributed by atoms with Crippen LogP contribution in [0.15, 0.2) is 17.0 Å². The van der Waals surface area contributed by atoms with Gasteiger partial charge in [-0.05, 0) is 15.9 Å². The van der Waals surface area contributed by atoms with Crippen molar-refractivity contribution in [2.45, 2.75) is 0 Å². The molecule has 2 aromatic rings. The maximum absolute atomic E-state index is 8.93. The summed E-state index contributed by atoms with van der Waals surface area (Å²) in [6.07, 6.45) is 1.58. The Bertz CT molecular complexity index is 398. The summed E-state index contributed by atoms with van der Waals surface area (Å²) in [5.41, 5.74) is 0. The molecule has 0 aliphatic heterocycles. The number of aromatic nitrogens is 4. The van der Waals surface area contributed by atoms with Gasteiger partial charge in [0.15, 0.2) is 0 Å². The summed E-state index contributed by atoms with van der Waals surface area (Å²) in [4.78, 5) is 7.58. The number of nitrogens with zero attached hydrogens (tertiary/aromatic N) is 4. The monoisotopic (exact) mass is 214 g/mol. The summed E-state index contributed by atoms with van der Waals surface area (Å²) in [5, 5.41) is 12.8. The lowest BCUT2D eigenvalue weighted by Gasteiger charge is -1.88. The van der Waals surface area contributed by atoms with E-state index < -0.39 is 0 Å². The van der Waals surface area contributed by atoms with Gasteiger partial charge in [0.2, 0.25) is 10.6 Å². The third-order valence-electron chi connectivity index (χ3n) is 1.17. The van der Waals surface area contributed by atoms with Gasteiger partial charge < -0.3 is 5.11 Å². The Kier molecular flexibility index (Phi) is 1.28. The van der Waals surface area contributed by atoms with E-state index in [1.165, 1.54) is 10.6 Å². The van der Waals surface area contributed by atoms with Gasteiger partial charge in [0.25, 0.3) is 5.78 Å². The minimum atomic E-state index is -0.0580. The standard InChI is InChI=1S/C5H3BrN4O/c6-4-8-5-7-3(11)1-2-10(5)9-4/h1-2H,(H,7,8,9,11). The largest absolute Gasteiger partial charge is 0.493 e. The molecule has 2 aromatic heterocycles. The molecule has 2 rings (SSSR count). The Morgan fingerprint density at radius 3 is 3.09 bits per heavy atom. The number of aromatic hydroxyl groups is 1. The van der Waals surface area contributed by atoms with E-state index in [-0.39, 0.29) is 5.88 Å². The maximum atomic E-state index is 8.93. The Labute approximate surface area is 69.8 Å². The zero-order valence-corrected chi connectivity index (χ0v) is 6.85. The summed E-state index contributed by atoms with van der Waals surface area (Å²) >= 11 is 3.08. The van der Waals surface area contributed by atoms with Crippen LogP contribution in [-0.2, 0) is 0 Å². The highest BCUT2D eigenvalue weighted by Gasteiger charge is 2.00. The van der Waals surface area contributed by atoms with Gasteiger partial charge in [-0.3, -0.25) is 0 Å². The molecule has 0 unspecified atom stereocenters. The summed E-state index contributed by atoms with van der Waals surface area (Å²) in [6.45, 7) is 0. The lowest BCUT2D eigenvalue weighted by atomic mass is 10.6. The molecule has 0 amide bonds. The van der Waals surface area contributed by atoms with Gasteiger partial charge in [0, 0.05) is 12.3 Å². The molecule has 0 saturated carbocycles. The summed E-state index contributed by atoms with van der Waals surface area (Å²) in [5.74, 6) is 0.314. The first kappa shape index (κ1) is 6.53. The van der Waals surface area contributed by atoms with Crippen molar-refractivity contribution in [2.24, 2.45) is 0 Å². The number of hydrogen-bond acceptors (Lipinski definition) is 4. The molecule has 0 radical (unpaired) electrons. The van der Waals surface area contributed by atoms with Gasteiger partial charge in [-0.1, -0.05) is 0 Å². The SMILES string of the molecule is Oc1ccn2nc(Br)nc2n1. The zero-order chi connectivity index (χ0) is 7.84. The van der Waals surface area contributed by atoms with Crippen molar-refractivity contribution in [3.05, 3.63) is 17.0 Å². The van der Waals surface area contributed by atoms with Crippen molar-refractivity contribution in [3.8, 4) is 5.88 Å². The van der Waals surface area contributed by atoms with Crippen LogP contribution in [-0.4, -0.2) is 24.7 Å². The van der Waals surface area contributed by atoms with E-state index in [1.807, 2.05) is 0 Å². The molecule has 6 heteroatoms. The van der Waals surface area contributed by atoms with Crippen molar-refractivity contribution in [2.75, 3.05) is 0 Å². The molecule has 0 aliphatic rings. The summed E-state index contributed by atoms with van der Waals surface area (Å²) in [7, 11) is 0. The molecule has 0 bridgehead atoms. The molecule has 1 N–H and O–H groups in total. The number of fused-ring (bicyclic) bond motifs is 1. The smallest absolute Gasteiger partial charge is 0.256 e. The minimum Gasteiger partial charge on any atom is -0.493 e. The summed E-state index contributed by atoms with van der Waals surface area (Å²) < 4.78 is 1.92. The van der Waals surface area contributed by atoms with Crippen LogP contribution in [0.5, 0.6) is 5.88 Å². The fraction of sp³-hybridized carbons (Fsp3) is 0. The van der Waals surface area contributed by atoms with Crippen molar-refractivity contribution in [1.82, 2.24) is 19.6 Å². The predicted molar refractivity (Wildman–Crippen MR) is 40.1 cm³/mol. The first-order valence-corrected chi connectivity index (χ1v) is 3.63. The first-order chi connectivity index (χ1) is 5.25. The molecule has 0 aliphatic carbocycles. The lowest BCUT2D eigenvalue weighted by Crippen LogP contribution is -1.88. The van der Waals surface area contributed by atoms with E-state index in [9.17, 15) is 0 Å². The van der Waals surface area contributed by atoms with E-state index in [0.717, 1.165) is 0 Å². The van der Waals surface area contributed by atoms with Crippen LogP contribution in [0.2, 0.25) is 0 Å². The second-order valence-corrected chi connectivity index (χ2v) is 2.62. The van der Waals surface area contributed by atoms with Gasteiger partial charge in [-0.25, -0.2) is 4.52 Å². The average Bonchev–Trinajstić information content (AvgIpc) is 2.27. The molecule has 0 atom stereocenters. The molecular formula is C5H3BrN4O. The van der Waals surface area contributed by atoms with Gasteiger partial charge in [-0.15, -0.1) is 5.10 Å². The Morgan fingerprint density at radius 2 is 2.27 bits per heavy atom. The van der Waals surface area contributed by atoms with Crippen LogP contribution in [0.25, 0.3) is 5.78 Å². The summed E-state index contributed by atoms with van der Waals surface area (Å²) in [6, 6.07) is 1.44. The molecular weight excluding hydrogens is 212 g/mol. The third kappa shape index (κ3) is 1.05. The molecule has 0 fully saturated rings. The normalized spacial score (nSPS) is 10.6. The van der Waals surface area contributed by atoms with Crippen LogP contribution in [0.4, 0.5) is 0 Å². The Morgan fingerprint density at radius 1 is 1.45 bits per heavy atom. The van der Waals surface area contributed by atoms with Gasteiger partial charge in [0.05, 0.1) is 0 Å². The van der Waals surface area contributed by atoms with Gasteiger partial charge in [-0.2, -0.15) is 9.97 Å². The quantitative estimate of drug-likeness (QED) is 0.698. The molecule has 0 spiro atoms.